The Bertz CT molecular complexity index is 1030. The van der Waals surface area contributed by atoms with Crippen LogP contribution in [0.15, 0.2) is 42.9 Å². The van der Waals surface area contributed by atoms with E-state index in [1.165, 1.54) is 6.20 Å². The standard InChI is InChI=1S/C20H20ClN5O3/c21-15-3-5-18(22-11-15)24-19(27)12-26-13-23-16-10-14(2-4-17(16)26)20(28)25-6-1-8-29-9-7-25/h2-5,10-11,13H,1,6-9,12H2,(H,22,24,27). The number of carbonyl (C=O) groups is 2. The molecule has 2 amide bonds. The quantitative estimate of drug-likeness (QED) is 0.710. The molecule has 1 aromatic carbocycles. The van der Waals surface area contributed by atoms with E-state index in [1.807, 2.05) is 6.07 Å². The van der Waals surface area contributed by atoms with E-state index in [2.05, 4.69) is 15.3 Å². The molecule has 2 aromatic heterocycles. The van der Waals surface area contributed by atoms with Gasteiger partial charge in [-0.2, -0.15) is 0 Å². The number of ether oxygens (including phenoxy) is 1. The number of carbonyl (C=O) groups excluding carboxylic acids is 2. The molecule has 0 radical (unpaired) electrons. The maximum absolute atomic E-state index is 12.8. The molecule has 1 aliphatic rings. The zero-order valence-electron chi connectivity index (χ0n) is 15.7. The summed E-state index contributed by atoms with van der Waals surface area (Å²) in [6.45, 7) is 2.59. The third-order valence-electron chi connectivity index (χ3n) is 4.69. The van der Waals surface area contributed by atoms with Crippen LogP contribution in [0, 0.1) is 0 Å². The van der Waals surface area contributed by atoms with Gasteiger partial charge in [-0.25, -0.2) is 9.97 Å². The average Bonchev–Trinajstić information content (AvgIpc) is 2.93. The Hall–Kier alpha value is -2.97. The maximum atomic E-state index is 12.8. The lowest BCUT2D eigenvalue weighted by atomic mass is 10.1. The van der Waals surface area contributed by atoms with Gasteiger partial charge in [0.05, 0.1) is 29.0 Å². The first-order chi connectivity index (χ1) is 14.1. The minimum Gasteiger partial charge on any atom is -0.380 e. The number of fused-ring (bicyclic) bond motifs is 1. The molecule has 4 rings (SSSR count). The second kappa shape index (κ2) is 8.59. The van der Waals surface area contributed by atoms with E-state index in [1.54, 1.807) is 40.1 Å². The molecule has 3 heterocycles. The summed E-state index contributed by atoms with van der Waals surface area (Å²) in [4.78, 5) is 35.3. The summed E-state index contributed by atoms with van der Waals surface area (Å²) >= 11 is 5.80. The molecule has 0 bridgehead atoms. The first-order valence-electron chi connectivity index (χ1n) is 9.33. The smallest absolute Gasteiger partial charge is 0.254 e. The number of imidazole rings is 1. The molecular weight excluding hydrogens is 394 g/mol. The highest BCUT2D eigenvalue weighted by Gasteiger charge is 2.18. The zero-order valence-corrected chi connectivity index (χ0v) is 16.4. The van der Waals surface area contributed by atoms with Crippen LogP contribution in [0.2, 0.25) is 5.02 Å². The summed E-state index contributed by atoms with van der Waals surface area (Å²) in [5.74, 6) is 0.167. The van der Waals surface area contributed by atoms with Crippen LogP contribution in [-0.2, 0) is 16.1 Å². The highest BCUT2D eigenvalue weighted by Crippen LogP contribution is 2.17. The SMILES string of the molecule is O=C(Cn1cnc2cc(C(=O)N3CCCOCC3)ccc21)Nc1ccc(Cl)cn1. The molecule has 3 aromatic rings. The first kappa shape index (κ1) is 19.4. The zero-order chi connectivity index (χ0) is 20.2. The maximum Gasteiger partial charge on any atom is 0.254 e. The monoisotopic (exact) mass is 413 g/mol. The van der Waals surface area contributed by atoms with Crippen LogP contribution in [0.25, 0.3) is 11.0 Å². The molecule has 29 heavy (non-hydrogen) atoms. The lowest BCUT2D eigenvalue weighted by Gasteiger charge is -2.19. The van der Waals surface area contributed by atoms with E-state index in [-0.39, 0.29) is 18.4 Å². The number of hydrogen-bond donors (Lipinski definition) is 1. The van der Waals surface area contributed by atoms with Crippen LogP contribution in [0.1, 0.15) is 16.8 Å². The molecule has 9 heteroatoms. The van der Waals surface area contributed by atoms with Crippen LogP contribution in [0.4, 0.5) is 5.82 Å². The van der Waals surface area contributed by atoms with Gasteiger partial charge in [-0.1, -0.05) is 11.6 Å². The first-order valence-corrected chi connectivity index (χ1v) is 9.71. The van der Waals surface area contributed by atoms with Gasteiger partial charge in [-0.15, -0.1) is 0 Å². The molecule has 0 atom stereocenters. The predicted octanol–water partition coefficient (Wildman–Crippen LogP) is 2.59. The summed E-state index contributed by atoms with van der Waals surface area (Å²) in [5, 5.41) is 3.22. The van der Waals surface area contributed by atoms with Gasteiger partial charge in [0.1, 0.15) is 12.4 Å². The fourth-order valence-corrected chi connectivity index (χ4v) is 3.35. The lowest BCUT2D eigenvalue weighted by molar-refractivity contribution is -0.116. The fraction of sp³-hybridized carbons (Fsp3) is 0.300. The number of halogens is 1. The fourth-order valence-electron chi connectivity index (χ4n) is 3.24. The highest BCUT2D eigenvalue weighted by molar-refractivity contribution is 6.30. The Morgan fingerprint density at radius 2 is 2.03 bits per heavy atom. The molecule has 1 N–H and O–H groups in total. The van der Waals surface area contributed by atoms with Gasteiger partial charge in [-0.05, 0) is 36.8 Å². The molecule has 150 valence electrons. The number of amides is 2. The molecule has 8 nitrogen and oxygen atoms in total. The second-order valence-corrected chi connectivity index (χ2v) is 7.18. The van der Waals surface area contributed by atoms with Crippen molar-refractivity contribution in [2.75, 3.05) is 31.6 Å². The number of nitrogens with one attached hydrogen (secondary N) is 1. The van der Waals surface area contributed by atoms with E-state index in [0.29, 0.717) is 48.2 Å². The third-order valence-corrected chi connectivity index (χ3v) is 4.91. The van der Waals surface area contributed by atoms with E-state index >= 15 is 0 Å². The molecular formula is C20H20ClN5O3. The Morgan fingerprint density at radius 3 is 2.86 bits per heavy atom. The van der Waals surface area contributed by atoms with E-state index < -0.39 is 0 Å². The van der Waals surface area contributed by atoms with Crippen LogP contribution < -0.4 is 5.32 Å². The predicted molar refractivity (Wildman–Crippen MR) is 109 cm³/mol. The normalized spacial score (nSPS) is 14.6. The highest BCUT2D eigenvalue weighted by atomic mass is 35.5. The second-order valence-electron chi connectivity index (χ2n) is 6.74. The number of anilines is 1. The summed E-state index contributed by atoms with van der Waals surface area (Å²) in [5.41, 5.74) is 2.03. The Kier molecular flexibility index (Phi) is 5.73. The topological polar surface area (TPSA) is 89.4 Å². The Balaban J connectivity index is 1.47. The summed E-state index contributed by atoms with van der Waals surface area (Å²) in [6, 6.07) is 8.65. The molecule has 0 aliphatic carbocycles. The number of nitrogens with zero attached hydrogens (tertiary/aromatic N) is 4. The van der Waals surface area contributed by atoms with Crippen molar-refractivity contribution in [1.29, 1.82) is 0 Å². The van der Waals surface area contributed by atoms with Crippen molar-refractivity contribution in [2.45, 2.75) is 13.0 Å². The van der Waals surface area contributed by atoms with Crippen molar-refractivity contribution in [3.8, 4) is 0 Å². The van der Waals surface area contributed by atoms with E-state index in [0.717, 1.165) is 11.9 Å². The van der Waals surface area contributed by atoms with Crippen molar-refractivity contribution >= 4 is 40.3 Å². The van der Waals surface area contributed by atoms with Crippen molar-refractivity contribution in [3.05, 3.63) is 53.4 Å². The van der Waals surface area contributed by atoms with Crippen LogP contribution in [-0.4, -0.2) is 57.6 Å². The van der Waals surface area contributed by atoms with E-state index in [9.17, 15) is 9.59 Å². The minimum absolute atomic E-state index is 0.0292. The van der Waals surface area contributed by atoms with Gasteiger partial charge in [0, 0.05) is 31.5 Å². The summed E-state index contributed by atoms with van der Waals surface area (Å²) in [7, 11) is 0. The van der Waals surface area contributed by atoms with Gasteiger partial charge < -0.3 is 19.5 Å². The molecule has 1 fully saturated rings. The minimum atomic E-state index is -0.233. The van der Waals surface area contributed by atoms with Crippen LogP contribution in [0.3, 0.4) is 0 Å². The average molecular weight is 414 g/mol. The largest absolute Gasteiger partial charge is 0.380 e. The molecule has 0 spiro atoms. The molecule has 1 saturated heterocycles. The van der Waals surface area contributed by atoms with Crippen molar-refractivity contribution < 1.29 is 14.3 Å². The summed E-state index contributed by atoms with van der Waals surface area (Å²) in [6.07, 6.45) is 3.90. The van der Waals surface area contributed by atoms with Crippen LogP contribution in [0.5, 0.6) is 0 Å². The molecule has 1 aliphatic heterocycles. The lowest BCUT2D eigenvalue weighted by Crippen LogP contribution is -2.33. The van der Waals surface area contributed by atoms with Gasteiger partial charge in [-0.3, -0.25) is 9.59 Å². The van der Waals surface area contributed by atoms with Crippen molar-refractivity contribution in [1.82, 2.24) is 19.4 Å². The number of benzene rings is 1. The van der Waals surface area contributed by atoms with Crippen molar-refractivity contribution in [3.63, 3.8) is 0 Å². The third kappa shape index (κ3) is 4.55. The number of aromatic nitrogens is 3. The number of pyridine rings is 1. The van der Waals surface area contributed by atoms with Gasteiger partial charge in [0.2, 0.25) is 5.91 Å². The van der Waals surface area contributed by atoms with Gasteiger partial charge in [0.25, 0.3) is 5.91 Å². The number of hydrogen-bond acceptors (Lipinski definition) is 5. The number of rotatable bonds is 4. The van der Waals surface area contributed by atoms with E-state index in [4.69, 9.17) is 16.3 Å². The summed E-state index contributed by atoms with van der Waals surface area (Å²) < 4.78 is 7.14. The van der Waals surface area contributed by atoms with Crippen molar-refractivity contribution in [2.24, 2.45) is 0 Å². The van der Waals surface area contributed by atoms with Gasteiger partial charge >= 0.3 is 0 Å². The molecule has 0 saturated carbocycles. The Morgan fingerprint density at radius 1 is 1.14 bits per heavy atom. The van der Waals surface area contributed by atoms with Crippen LogP contribution >= 0.6 is 11.6 Å². The Labute approximate surface area is 172 Å². The van der Waals surface area contributed by atoms with Gasteiger partial charge in [0.15, 0.2) is 0 Å². The molecule has 0 unspecified atom stereocenters.